The Bertz CT molecular complexity index is 839. The van der Waals surface area contributed by atoms with E-state index in [1.54, 1.807) is 18.3 Å². The number of halogens is 4. The summed E-state index contributed by atoms with van der Waals surface area (Å²) in [4.78, 5) is 11.4. The zero-order valence-electron chi connectivity index (χ0n) is 12.9. The SMILES string of the molecule is O=C(CC(F)(F)F)NC1C2CC(O)(c3cc(Cl)cc4[nH]ncc34)CC21. The van der Waals surface area contributed by atoms with Gasteiger partial charge >= 0.3 is 6.18 Å². The second kappa shape index (κ2) is 5.35. The van der Waals surface area contributed by atoms with Gasteiger partial charge in [0.2, 0.25) is 5.91 Å². The molecule has 0 aliphatic heterocycles. The Morgan fingerprint density at radius 2 is 2.08 bits per heavy atom. The lowest BCUT2D eigenvalue weighted by molar-refractivity contribution is -0.154. The zero-order valence-corrected chi connectivity index (χ0v) is 13.7. The van der Waals surface area contributed by atoms with Gasteiger partial charge in [0.25, 0.3) is 0 Å². The van der Waals surface area contributed by atoms with Crippen LogP contribution in [0.2, 0.25) is 5.02 Å². The highest BCUT2D eigenvalue weighted by molar-refractivity contribution is 6.31. The molecule has 0 radical (unpaired) electrons. The number of alkyl halides is 3. The average Bonchev–Trinajstić information content (AvgIpc) is 2.89. The van der Waals surface area contributed by atoms with Crippen molar-refractivity contribution in [1.29, 1.82) is 0 Å². The van der Waals surface area contributed by atoms with E-state index in [1.807, 2.05) is 0 Å². The van der Waals surface area contributed by atoms with Crippen molar-refractivity contribution in [2.24, 2.45) is 11.8 Å². The van der Waals surface area contributed by atoms with Crippen molar-refractivity contribution in [3.05, 3.63) is 28.9 Å². The minimum Gasteiger partial charge on any atom is -0.385 e. The number of nitrogens with zero attached hydrogens (tertiary/aromatic N) is 1. The standard InChI is InChI=1S/C16H15ClF3N3O2/c17-7-1-11(10-6-21-23-12(10)2-7)15(25)3-8-9(4-15)14(8)22-13(24)5-16(18,19)20/h1-2,6,8-9,14,25H,3-5H2,(H,21,23)(H,22,24). The fraction of sp³-hybridized carbons (Fsp3) is 0.500. The maximum Gasteiger partial charge on any atom is 0.397 e. The van der Waals surface area contributed by atoms with E-state index in [4.69, 9.17) is 11.6 Å². The minimum atomic E-state index is -4.51. The summed E-state index contributed by atoms with van der Waals surface area (Å²) in [7, 11) is 0. The second-order valence-corrected chi connectivity index (χ2v) is 7.37. The number of aromatic nitrogens is 2. The number of hydrogen-bond acceptors (Lipinski definition) is 3. The molecule has 9 heteroatoms. The number of H-pyrrole nitrogens is 1. The molecule has 134 valence electrons. The zero-order chi connectivity index (χ0) is 18.0. The molecule has 0 saturated heterocycles. The maximum atomic E-state index is 12.2. The molecule has 1 aromatic heterocycles. The average molecular weight is 374 g/mol. The van der Waals surface area contributed by atoms with Crippen molar-refractivity contribution in [3.8, 4) is 0 Å². The van der Waals surface area contributed by atoms with Crippen molar-refractivity contribution < 1.29 is 23.1 Å². The molecule has 2 unspecified atom stereocenters. The second-order valence-electron chi connectivity index (χ2n) is 6.94. The third kappa shape index (κ3) is 2.97. The summed E-state index contributed by atoms with van der Waals surface area (Å²) in [5.41, 5.74) is 0.260. The van der Waals surface area contributed by atoms with Crippen LogP contribution >= 0.6 is 11.6 Å². The number of benzene rings is 1. The molecule has 1 heterocycles. The Morgan fingerprint density at radius 1 is 1.40 bits per heavy atom. The first-order valence-electron chi connectivity index (χ1n) is 7.88. The van der Waals surface area contributed by atoms with Crippen LogP contribution in [-0.2, 0) is 10.4 Å². The van der Waals surface area contributed by atoms with Crippen LogP contribution in [0.25, 0.3) is 10.9 Å². The lowest BCUT2D eigenvalue weighted by Gasteiger charge is -2.27. The lowest BCUT2D eigenvalue weighted by Crippen LogP contribution is -2.35. The molecular weight excluding hydrogens is 359 g/mol. The predicted octanol–water partition coefficient (Wildman–Crippen LogP) is 2.88. The molecule has 0 bridgehead atoms. The van der Waals surface area contributed by atoms with E-state index < -0.39 is 24.1 Å². The quantitative estimate of drug-likeness (QED) is 0.774. The number of nitrogens with one attached hydrogen (secondary N) is 2. The molecule has 3 N–H and O–H groups in total. The number of carbonyl (C=O) groups excluding carboxylic acids is 1. The number of hydrogen-bond donors (Lipinski definition) is 3. The van der Waals surface area contributed by atoms with Gasteiger partial charge in [0.15, 0.2) is 0 Å². The normalized spacial score (nSPS) is 31.2. The monoisotopic (exact) mass is 373 g/mol. The molecule has 0 spiro atoms. The summed E-state index contributed by atoms with van der Waals surface area (Å²) in [6.45, 7) is 0. The predicted molar refractivity (Wildman–Crippen MR) is 83.8 cm³/mol. The Kier molecular flexibility index (Phi) is 3.56. The largest absolute Gasteiger partial charge is 0.397 e. The molecule has 2 aliphatic rings. The van der Waals surface area contributed by atoms with Crippen molar-refractivity contribution >= 4 is 28.4 Å². The highest BCUT2D eigenvalue weighted by Gasteiger charge is 2.62. The van der Waals surface area contributed by atoms with E-state index in [9.17, 15) is 23.1 Å². The van der Waals surface area contributed by atoms with E-state index in [2.05, 4.69) is 15.5 Å². The smallest absolute Gasteiger partial charge is 0.385 e. The lowest BCUT2D eigenvalue weighted by atomic mass is 9.86. The summed E-state index contributed by atoms with van der Waals surface area (Å²) >= 11 is 6.11. The molecule has 1 amide bonds. The third-order valence-corrected chi connectivity index (χ3v) is 5.41. The van der Waals surface area contributed by atoms with E-state index in [1.165, 1.54) is 0 Å². The van der Waals surface area contributed by atoms with Gasteiger partial charge in [-0.2, -0.15) is 18.3 Å². The Morgan fingerprint density at radius 3 is 2.72 bits per heavy atom. The highest BCUT2D eigenvalue weighted by Crippen LogP contribution is 2.60. The van der Waals surface area contributed by atoms with Gasteiger partial charge in [0.05, 0.1) is 17.3 Å². The summed E-state index contributed by atoms with van der Waals surface area (Å²) in [6, 6.07) is 3.11. The van der Waals surface area contributed by atoms with Crippen molar-refractivity contribution in [1.82, 2.24) is 15.5 Å². The molecule has 25 heavy (non-hydrogen) atoms. The molecular formula is C16H15ClF3N3O2. The van der Waals surface area contributed by atoms with Crippen LogP contribution in [-0.4, -0.2) is 33.4 Å². The van der Waals surface area contributed by atoms with Gasteiger partial charge in [-0.25, -0.2) is 0 Å². The fourth-order valence-electron chi connectivity index (χ4n) is 4.12. The molecule has 4 rings (SSSR count). The molecule has 2 fully saturated rings. The molecule has 2 atom stereocenters. The van der Waals surface area contributed by atoms with Gasteiger partial charge in [-0.1, -0.05) is 11.6 Å². The van der Waals surface area contributed by atoms with Crippen molar-refractivity contribution in [2.45, 2.75) is 37.1 Å². The van der Waals surface area contributed by atoms with Crippen LogP contribution in [0.5, 0.6) is 0 Å². The number of rotatable bonds is 3. The highest BCUT2D eigenvalue weighted by atomic mass is 35.5. The minimum absolute atomic E-state index is 0.0249. The van der Waals surface area contributed by atoms with Crippen LogP contribution in [0.15, 0.2) is 18.3 Å². The van der Waals surface area contributed by atoms with Crippen molar-refractivity contribution in [3.63, 3.8) is 0 Å². The van der Waals surface area contributed by atoms with Gasteiger partial charge < -0.3 is 10.4 Å². The van der Waals surface area contributed by atoms with Gasteiger partial charge in [-0.05, 0) is 42.4 Å². The van der Waals surface area contributed by atoms with E-state index in [0.717, 1.165) is 5.39 Å². The number of carbonyl (C=O) groups is 1. The van der Waals surface area contributed by atoms with E-state index in [-0.39, 0.29) is 17.9 Å². The molecule has 2 aromatic rings. The first-order chi connectivity index (χ1) is 11.7. The van der Waals surface area contributed by atoms with Gasteiger partial charge in [-0.15, -0.1) is 0 Å². The third-order valence-electron chi connectivity index (χ3n) is 5.19. The van der Waals surface area contributed by atoms with Gasteiger partial charge in [0.1, 0.15) is 6.42 Å². The maximum absolute atomic E-state index is 12.2. The summed E-state index contributed by atoms with van der Waals surface area (Å²) in [5, 5.41) is 21.5. The summed E-state index contributed by atoms with van der Waals surface area (Å²) < 4.78 is 36.7. The molecule has 5 nitrogen and oxygen atoms in total. The topological polar surface area (TPSA) is 78.0 Å². The Hall–Kier alpha value is -1.80. The van der Waals surface area contributed by atoms with E-state index >= 15 is 0 Å². The van der Waals surface area contributed by atoms with Gasteiger partial charge in [-0.3, -0.25) is 9.89 Å². The number of aliphatic hydroxyl groups is 1. The van der Waals surface area contributed by atoms with Crippen LogP contribution < -0.4 is 5.32 Å². The first-order valence-corrected chi connectivity index (χ1v) is 8.26. The molecule has 1 aromatic carbocycles. The number of fused-ring (bicyclic) bond motifs is 2. The first kappa shape index (κ1) is 16.7. The number of amides is 1. The Labute approximate surface area is 145 Å². The van der Waals surface area contributed by atoms with E-state index in [0.29, 0.717) is 28.9 Å². The van der Waals surface area contributed by atoms with Gasteiger partial charge in [0, 0.05) is 16.5 Å². The molecule has 2 saturated carbocycles. The molecule has 2 aliphatic carbocycles. The Balaban J connectivity index is 1.48. The summed E-state index contributed by atoms with van der Waals surface area (Å²) in [5.74, 6) is -1.07. The van der Waals surface area contributed by atoms with Crippen LogP contribution in [0, 0.1) is 11.8 Å². The van der Waals surface area contributed by atoms with Crippen LogP contribution in [0.4, 0.5) is 13.2 Å². The van der Waals surface area contributed by atoms with Crippen LogP contribution in [0.1, 0.15) is 24.8 Å². The fourth-order valence-corrected chi connectivity index (χ4v) is 4.34. The summed E-state index contributed by atoms with van der Waals surface area (Å²) in [6.07, 6.45) is -3.63. The number of aromatic amines is 1. The van der Waals surface area contributed by atoms with Crippen molar-refractivity contribution in [2.75, 3.05) is 0 Å². The van der Waals surface area contributed by atoms with Crippen LogP contribution in [0.3, 0.4) is 0 Å².